The van der Waals surface area contributed by atoms with Crippen LogP contribution in [0.25, 0.3) is 0 Å². The number of thiocarbonyl (C=S) groups is 1. The smallest absolute Gasteiger partial charge is 0.221 e. The van der Waals surface area contributed by atoms with Crippen LogP contribution in [-0.2, 0) is 9.53 Å². The summed E-state index contributed by atoms with van der Waals surface area (Å²) in [4.78, 5) is 14.7. The Labute approximate surface area is 120 Å². The van der Waals surface area contributed by atoms with Gasteiger partial charge in [-0.2, -0.15) is 0 Å². The lowest BCUT2D eigenvalue weighted by atomic mass is 9.87. The molecule has 6 heteroatoms. The minimum atomic E-state index is -0.508. The normalized spacial score (nSPS) is 20.8. The van der Waals surface area contributed by atoms with Crippen LogP contribution < -0.4 is 11.1 Å². The van der Waals surface area contributed by atoms with E-state index in [1.807, 2.05) is 6.92 Å². The van der Waals surface area contributed by atoms with Gasteiger partial charge in [0.25, 0.3) is 0 Å². The topological polar surface area (TPSA) is 67.6 Å². The van der Waals surface area contributed by atoms with Crippen molar-refractivity contribution < 1.29 is 9.53 Å². The van der Waals surface area contributed by atoms with Crippen LogP contribution in [0.1, 0.15) is 26.2 Å². The highest BCUT2D eigenvalue weighted by molar-refractivity contribution is 7.80. The second kappa shape index (κ2) is 7.17. The Morgan fingerprint density at radius 1 is 1.53 bits per heavy atom. The molecule has 1 unspecified atom stereocenters. The molecule has 0 spiro atoms. The largest absolute Gasteiger partial charge is 0.391 e. The van der Waals surface area contributed by atoms with Crippen molar-refractivity contribution in [3.8, 4) is 0 Å². The van der Waals surface area contributed by atoms with Crippen molar-refractivity contribution in [1.82, 2.24) is 10.2 Å². The van der Waals surface area contributed by atoms with E-state index in [1.54, 1.807) is 7.11 Å². The molecular formula is C13H25N3O2S. The zero-order valence-electron chi connectivity index (χ0n) is 12.1. The lowest BCUT2D eigenvalue weighted by Crippen LogP contribution is -2.61. The predicted octanol–water partition coefficient (Wildman–Crippen LogP) is 0.526. The third-order valence-corrected chi connectivity index (χ3v) is 4.07. The Bertz CT molecular complexity index is 328. The fourth-order valence-corrected chi connectivity index (χ4v) is 2.67. The van der Waals surface area contributed by atoms with Crippen molar-refractivity contribution >= 4 is 23.1 Å². The highest BCUT2D eigenvalue weighted by atomic mass is 32.1. The third-order valence-electron chi connectivity index (χ3n) is 3.68. The highest BCUT2D eigenvalue weighted by Gasteiger charge is 2.37. The van der Waals surface area contributed by atoms with Gasteiger partial charge in [0.2, 0.25) is 5.91 Å². The number of ether oxygens (including phenoxy) is 1. The summed E-state index contributed by atoms with van der Waals surface area (Å²) in [5.74, 6) is 0.196. The molecule has 0 aliphatic carbocycles. The van der Waals surface area contributed by atoms with Gasteiger partial charge in [0.1, 0.15) is 0 Å². The van der Waals surface area contributed by atoms with Gasteiger partial charge in [-0.25, -0.2) is 0 Å². The fraction of sp³-hybridized carbons (Fsp3) is 0.846. The van der Waals surface area contributed by atoms with Crippen LogP contribution in [0.15, 0.2) is 0 Å². The second-order valence-electron chi connectivity index (χ2n) is 5.56. The van der Waals surface area contributed by atoms with Crippen molar-refractivity contribution in [3.63, 3.8) is 0 Å². The zero-order valence-corrected chi connectivity index (χ0v) is 12.9. The summed E-state index contributed by atoms with van der Waals surface area (Å²) in [6.45, 7) is 4.36. The van der Waals surface area contributed by atoms with E-state index in [2.05, 4.69) is 17.3 Å². The quantitative estimate of drug-likeness (QED) is 0.697. The van der Waals surface area contributed by atoms with Crippen molar-refractivity contribution in [2.75, 3.05) is 33.9 Å². The van der Waals surface area contributed by atoms with Gasteiger partial charge < -0.3 is 20.7 Å². The van der Waals surface area contributed by atoms with Crippen LogP contribution >= 0.6 is 12.2 Å². The van der Waals surface area contributed by atoms with E-state index in [9.17, 15) is 4.79 Å². The monoisotopic (exact) mass is 287 g/mol. The Balaban J connectivity index is 2.59. The number of likely N-dealkylation sites (tertiary alicyclic amines) is 1. The number of carbonyl (C=O) groups excluding carboxylic acids is 1. The Kier molecular flexibility index (Phi) is 6.16. The number of hydrogen-bond donors (Lipinski definition) is 2. The minimum absolute atomic E-state index is 0.00176. The molecule has 0 aromatic carbocycles. The van der Waals surface area contributed by atoms with Gasteiger partial charge in [-0.1, -0.05) is 19.1 Å². The lowest BCUT2D eigenvalue weighted by molar-refractivity contribution is -0.123. The Hall–Kier alpha value is -0.720. The molecule has 0 bridgehead atoms. The molecule has 110 valence electrons. The standard InChI is InChI=1S/C13H25N3O2S/c1-10(9-18-3)8-11(17)15-13(12(14)19)4-6-16(2)7-5-13/h10H,4-9H2,1-3H3,(H2,14,19)(H,15,17). The maximum atomic E-state index is 12.1. The number of hydrogen-bond acceptors (Lipinski definition) is 4. The average molecular weight is 287 g/mol. The van der Waals surface area contributed by atoms with Crippen LogP contribution in [0, 0.1) is 5.92 Å². The summed E-state index contributed by atoms with van der Waals surface area (Å²) < 4.78 is 5.04. The Morgan fingerprint density at radius 2 is 2.11 bits per heavy atom. The van der Waals surface area contributed by atoms with E-state index in [-0.39, 0.29) is 11.8 Å². The maximum Gasteiger partial charge on any atom is 0.221 e. The molecule has 0 saturated carbocycles. The first-order chi connectivity index (χ1) is 8.89. The minimum Gasteiger partial charge on any atom is -0.391 e. The second-order valence-corrected chi connectivity index (χ2v) is 6.00. The van der Waals surface area contributed by atoms with Crippen LogP contribution in [0.2, 0.25) is 0 Å². The molecule has 0 aromatic rings. The van der Waals surface area contributed by atoms with Crippen molar-refractivity contribution in [2.24, 2.45) is 11.7 Å². The number of amides is 1. The van der Waals surface area contributed by atoms with Gasteiger partial charge in [-0.3, -0.25) is 4.79 Å². The highest BCUT2D eigenvalue weighted by Crippen LogP contribution is 2.22. The molecule has 1 amide bonds. The molecule has 19 heavy (non-hydrogen) atoms. The first kappa shape index (κ1) is 16.3. The number of nitrogens with one attached hydrogen (secondary N) is 1. The Morgan fingerprint density at radius 3 is 2.58 bits per heavy atom. The first-order valence-electron chi connectivity index (χ1n) is 6.68. The molecule has 1 atom stereocenters. The number of carbonyl (C=O) groups is 1. The molecule has 1 aliphatic rings. The van der Waals surface area contributed by atoms with Gasteiger partial charge in [-0.15, -0.1) is 0 Å². The maximum absolute atomic E-state index is 12.1. The van der Waals surface area contributed by atoms with E-state index < -0.39 is 5.54 Å². The summed E-state index contributed by atoms with van der Waals surface area (Å²) in [5.41, 5.74) is 5.35. The van der Waals surface area contributed by atoms with E-state index >= 15 is 0 Å². The number of nitrogens with zero attached hydrogens (tertiary/aromatic N) is 1. The molecule has 5 nitrogen and oxygen atoms in total. The van der Waals surface area contributed by atoms with E-state index in [4.69, 9.17) is 22.7 Å². The SMILES string of the molecule is COCC(C)CC(=O)NC1(C(N)=S)CCN(C)CC1. The van der Waals surface area contributed by atoms with Gasteiger partial charge in [0, 0.05) is 33.2 Å². The number of rotatable bonds is 6. The van der Waals surface area contributed by atoms with Crippen molar-refractivity contribution in [2.45, 2.75) is 31.7 Å². The predicted molar refractivity (Wildman–Crippen MR) is 80.0 cm³/mol. The van der Waals surface area contributed by atoms with Crippen molar-refractivity contribution in [3.05, 3.63) is 0 Å². The fourth-order valence-electron chi connectivity index (χ4n) is 2.41. The number of nitrogens with two attached hydrogens (primary N) is 1. The molecule has 1 saturated heterocycles. The van der Waals surface area contributed by atoms with E-state index in [0.717, 1.165) is 25.9 Å². The third kappa shape index (κ3) is 4.71. The first-order valence-corrected chi connectivity index (χ1v) is 7.09. The van der Waals surface area contributed by atoms with E-state index in [0.29, 0.717) is 18.0 Å². The molecule has 0 radical (unpaired) electrons. The molecule has 3 N–H and O–H groups in total. The van der Waals surface area contributed by atoms with Crippen LogP contribution in [0.4, 0.5) is 0 Å². The zero-order chi connectivity index (χ0) is 14.5. The van der Waals surface area contributed by atoms with Crippen LogP contribution in [-0.4, -0.2) is 55.2 Å². The van der Waals surface area contributed by atoms with Gasteiger partial charge in [0.15, 0.2) is 0 Å². The summed E-state index contributed by atoms with van der Waals surface area (Å²) in [5, 5.41) is 3.05. The average Bonchev–Trinajstić information content (AvgIpc) is 2.32. The van der Waals surface area contributed by atoms with Crippen LogP contribution in [0.5, 0.6) is 0 Å². The van der Waals surface area contributed by atoms with Gasteiger partial charge in [0.05, 0.1) is 10.5 Å². The number of piperidine rings is 1. The molecule has 1 heterocycles. The lowest BCUT2D eigenvalue weighted by Gasteiger charge is -2.40. The molecule has 1 rings (SSSR count). The van der Waals surface area contributed by atoms with Gasteiger partial charge in [-0.05, 0) is 25.8 Å². The summed E-state index contributed by atoms with van der Waals surface area (Å²) >= 11 is 5.17. The summed E-state index contributed by atoms with van der Waals surface area (Å²) in [7, 11) is 3.70. The van der Waals surface area contributed by atoms with Crippen LogP contribution in [0.3, 0.4) is 0 Å². The number of methoxy groups -OCH3 is 1. The molecule has 1 fully saturated rings. The van der Waals surface area contributed by atoms with Crippen molar-refractivity contribution in [1.29, 1.82) is 0 Å². The molecular weight excluding hydrogens is 262 g/mol. The van der Waals surface area contributed by atoms with E-state index in [1.165, 1.54) is 0 Å². The summed E-state index contributed by atoms with van der Waals surface area (Å²) in [6.07, 6.45) is 2.00. The summed E-state index contributed by atoms with van der Waals surface area (Å²) in [6, 6.07) is 0. The molecule has 1 aliphatic heterocycles. The van der Waals surface area contributed by atoms with Gasteiger partial charge >= 0.3 is 0 Å². The molecule has 0 aromatic heterocycles.